The molecule has 3 aromatic heterocycles. The van der Waals surface area contributed by atoms with E-state index in [0.29, 0.717) is 18.1 Å². The van der Waals surface area contributed by atoms with Crippen molar-refractivity contribution in [3.05, 3.63) is 81.5 Å². The fraction of sp³-hybridized carbons (Fsp3) is 0.259. The molecule has 0 fully saturated rings. The molecule has 4 aromatic rings. The van der Waals surface area contributed by atoms with Crippen LogP contribution >= 0.6 is 11.3 Å². The van der Waals surface area contributed by atoms with Crippen LogP contribution in [0.4, 0.5) is 0 Å². The first-order valence-corrected chi connectivity index (χ1v) is 12.5. The molecule has 0 bridgehead atoms. The van der Waals surface area contributed by atoms with E-state index in [1.54, 1.807) is 30.5 Å². The van der Waals surface area contributed by atoms with Gasteiger partial charge in [-0.25, -0.2) is 4.98 Å². The fourth-order valence-electron chi connectivity index (χ4n) is 4.39. The van der Waals surface area contributed by atoms with Gasteiger partial charge < -0.3 is 4.74 Å². The van der Waals surface area contributed by atoms with Crippen LogP contribution < -0.4 is 0 Å². The number of carbonyl (C=O) groups excluding carboxylic acids is 1. The van der Waals surface area contributed by atoms with Gasteiger partial charge in [-0.1, -0.05) is 24.3 Å². The van der Waals surface area contributed by atoms with Crippen LogP contribution in [-0.2, 0) is 9.53 Å². The molecule has 0 saturated heterocycles. The summed E-state index contributed by atoms with van der Waals surface area (Å²) in [6.45, 7) is 8.21. The van der Waals surface area contributed by atoms with Gasteiger partial charge in [-0.3, -0.25) is 14.4 Å². The first-order chi connectivity index (χ1) is 17.4. The van der Waals surface area contributed by atoms with E-state index in [1.165, 1.54) is 4.88 Å². The molecule has 0 aliphatic carbocycles. The number of carbonyl (C=O) groups is 1. The first kappa shape index (κ1) is 23.6. The van der Waals surface area contributed by atoms with Gasteiger partial charge in [0, 0.05) is 22.2 Å². The molecule has 1 atom stereocenters. The Bertz CT molecular complexity index is 1540. The van der Waals surface area contributed by atoms with E-state index in [2.05, 4.69) is 35.1 Å². The Morgan fingerprint density at radius 1 is 1.11 bits per heavy atom. The normalized spacial score (nSPS) is 14.3. The standard InChI is InChI=1S/C27H24N6O2S/c1-5-35-23(34)13-22-26-32-31-17(4)33(26)27-24(15(2)16(3)36-27)25(30-22)19-8-6-18(7-9-19)20-10-11-29-21(12-20)14-28/h6-12,22H,5,13H2,1-4H3/t22-/m0/s1. The average molecular weight is 497 g/mol. The van der Waals surface area contributed by atoms with Crippen molar-refractivity contribution in [3.63, 3.8) is 0 Å². The number of aromatic nitrogens is 4. The number of hydrogen-bond donors (Lipinski definition) is 0. The summed E-state index contributed by atoms with van der Waals surface area (Å²) in [6.07, 6.45) is 1.72. The summed E-state index contributed by atoms with van der Waals surface area (Å²) in [6, 6.07) is 13.3. The van der Waals surface area contributed by atoms with Crippen LogP contribution in [-0.4, -0.2) is 38.0 Å². The molecule has 1 aliphatic heterocycles. The molecule has 1 aromatic carbocycles. The van der Waals surface area contributed by atoms with Crippen molar-refractivity contribution in [2.45, 2.75) is 40.2 Å². The summed E-state index contributed by atoms with van der Waals surface area (Å²) in [5.74, 6) is 1.06. The van der Waals surface area contributed by atoms with Gasteiger partial charge in [0.25, 0.3) is 0 Å². The lowest BCUT2D eigenvalue weighted by Crippen LogP contribution is -2.13. The minimum absolute atomic E-state index is 0.0779. The fourth-order valence-corrected chi connectivity index (χ4v) is 5.61. The summed E-state index contributed by atoms with van der Waals surface area (Å²) in [5.41, 5.74) is 6.17. The zero-order valence-electron chi connectivity index (χ0n) is 20.4. The van der Waals surface area contributed by atoms with Gasteiger partial charge in [0.1, 0.15) is 28.6 Å². The number of esters is 1. The lowest BCUT2D eigenvalue weighted by molar-refractivity contribution is -0.143. The predicted octanol–water partition coefficient (Wildman–Crippen LogP) is 5.03. The number of ether oxygens (including phenoxy) is 1. The van der Waals surface area contributed by atoms with Gasteiger partial charge in [0.2, 0.25) is 0 Å². The van der Waals surface area contributed by atoms with E-state index in [9.17, 15) is 10.1 Å². The predicted molar refractivity (Wildman–Crippen MR) is 137 cm³/mol. The van der Waals surface area contributed by atoms with Gasteiger partial charge in [-0.2, -0.15) is 5.26 Å². The van der Waals surface area contributed by atoms with E-state index in [1.807, 2.05) is 41.8 Å². The van der Waals surface area contributed by atoms with Crippen molar-refractivity contribution in [3.8, 4) is 22.2 Å². The van der Waals surface area contributed by atoms with Crippen molar-refractivity contribution >= 4 is 23.0 Å². The molecular weight excluding hydrogens is 472 g/mol. The second kappa shape index (κ2) is 9.47. The second-order valence-electron chi connectivity index (χ2n) is 8.53. The summed E-state index contributed by atoms with van der Waals surface area (Å²) < 4.78 is 7.27. The molecule has 0 saturated carbocycles. The number of pyridine rings is 1. The molecule has 0 unspecified atom stereocenters. The SMILES string of the molecule is CCOC(=O)C[C@@H]1N=C(c2ccc(-c3ccnc(C#N)c3)cc2)c2c(sc(C)c2C)-n2c(C)nnc21. The molecule has 0 N–H and O–H groups in total. The summed E-state index contributed by atoms with van der Waals surface area (Å²) in [5, 5.41) is 18.9. The highest BCUT2D eigenvalue weighted by atomic mass is 32.1. The Morgan fingerprint density at radius 2 is 1.86 bits per heavy atom. The van der Waals surface area contributed by atoms with Crippen LogP contribution in [0.15, 0.2) is 47.6 Å². The average Bonchev–Trinajstić information content (AvgIpc) is 3.36. The van der Waals surface area contributed by atoms with Crippen molar-refractivity contribution in [1.29, 1.82) is 5.26 Å². The van der Waals surface area contributed by atoms with E-state index < -0.39 is 6.04 Å². The number of rotatable bonds is 5. The number of aliphatic imine (C=N–C) groups is 1. The van der Waals surface area contributed by atoms with Crippen LogP contribution in [0.3, 0.4) is 0 Å². The van der Waals surface area contributed by atoms with Gasteiger partial charge >= 0.3 is 5.97 Å². The number of nitrogens with zero attached hydrogens (tertiary/aromatic N) is 6. The zero-order valence-corrected chi connectivity index (χ0v) is 21.3. The van der Waals surface area contributed by atoms with Gasteiger partial charge in [0.05, 0.1) is 18.7 Å². The maximum atomic E-state index is 12.5. The number of benzene rings is 1. The molecule has 180 valence electrons. The van der Waals surface area contributed by atoms with Crippen molar-refractivity contribution in [2.75, 3.05) is 6.61 Å². The van der Waals surface area contributed by atoms with E-state index in [0.717, 1.165) is 44.4 Å². The lowest BCUT2D eigenvalue weighted by Gasteiger charge is -2.12. The second-order valence-corrected chi connectivity index (χ2v) is 9.73. The van der Waals surface area contributed by atoms with Gasteiger partial charge in [-0.15, -0.1) is 21.5 Å². The van der Waals surface area contributed by atoms with Crippen molar-refractivity contribution in [1.82, 2.24) is 19.7 Å². The lowest BCUT2D eigenvalue weighted by atomic mass is 9.97. The van der Waals surface area contributed by atoms with E-state index in [-0.39, 0.29) is 12.4 Å². The van der Waals surface area contributed by atoms with Crippen LogP contribution in [0, 0.1) is 32.1 Å². The quantitative estimate of drug-likeness (QED) is 0.359. The number of hydrogen-bond acceptors (Lipinski definition) is 8. The minimum Gasteiger partial charge on any atom is -0.466 e. The number of aryl methyl sites for hydroxylation is 2. The number of fused-ring (bicyclic) bond motifs is 3. The van der Waals surface area contributed by atoms with Crippen LogP contribution in [0.2, 0.25) is 0 Å². The summed E-state index contributed by atoms with van der Waals surface area (Å²) in [4.78, 5) is 22.9. The molecule has 1 aliphatic rings. The number of thiophene rings is 1. The first-order valence-electron chi connectivity index (χ1n) is 11.6. The van der Waals surface area contributed by atoms with Crippen molar-refractivity contribution < 1.29 is 9.53 Å². The third kappa shape index (κ3) is 4.10. The van der Waals surface area contributed by atoms with E-state index >= 15 is 0 Å². The highest BCUT2D eigenvalue weighted by Crippen LogP contribution is 2.39. The number of nitriles is 1. The molecule has 36 heavy (non-hydrogen) atoms. The summed E-state index contributed by atoms with van der Waals surface area (Å²) >= 11 is 1.67. The topological polar surface area (TPSA) is 106 Å². The Kier molecular flexibility index (Phi) is 6.20. The van der Waals surface area contributed by atoms with Crippen LogP contribution in [0.25, 0.3) is 16.1 Å². The molecule has 0 radical (unpaired) electrons. The maximum absolute atomic E-state index is 12.5. The molecule has 5 rings (SSSR count). The zero-order chi connectivity index (χ0) is 25.4. The monoisotopic (exact) mass is 496 g/mol. The van der Waals surface area contributed by atoms with Crippen LogP contribution in [0.1, 0.15) is 58.3 Å². The highest BCUT2D eigenvalue weighted by molar-refractivity contribution is 7.15. The molecule has 8 nitrogen and oxygen atoms in total. The largest absolute Gasteiger partial charge is 0.466 e. The van der Waals surface area contributed by atoms with Crippen molar-refractivity contribution in [2.24, 2.45) is 4.99 Å². The van der Waals surface area contributed by atoms with E-state index in [4.69, 9.17) is 9.73 Å². The van der Waals surface area contributed by atoms with Gasteiger partial charge in [0.15, 0.2) is 5.82 Å². The Morgan fingerprint density at radius 3 is 2.58 bits per heavy atom. The third-order valence-electron chi connectivity index (χ3n) is 6.27. The Hall–Kier alpha value is -4.16. The van der Waals surface area contributed by atoms with Gasteiger partial charge in [-0.05, 0) is 56.5 Å². The minimum atomic E-state index is -0.530. The maximum Gasteiger partial charge on any atom is 0.308 e. The van der Waals surface area contributed by atoms with Crippen LogP contribution in [0.5, 0.6) is 0 Å². The highest BCUT2D eigenvalue weighted by Gasteiger charge is 2.32. The molecular formula is C27H24N6O2S. The molecule has 0 spiro atoms. The third-order valence-corrected chi connectivity index (χ3v) is 7.46. The summed E-state index contributed by atoms with van der Waals surface area (Å²) in [7, 11) is 0. The molecule has 0 amide bonds. The Labute approximate surface area is 212 Å². The molecule has 4 heterocycles. The Balaban J connectivity index is 1.65. The smallest absolute Gasteiger partial charge is 0.308 e. The molecule has 9 heteroatoms.